The summed E-state index contributed by atoms with van der Waals surface area (Å²) in [5, 5.41) is 16.5. The summed E-state index contributed by atoms with van der Waals surface area (Å²) in [5.74, 6) is -0.165. The number of aryl methyl sites for hydroxylation is 2. The predicted molar refractivity (Wildman–Crippen MR) is 211 cm³/mol. The zero-order valence-electron chi connectivity index (χ0n) is 32.2. The van der Waals surface area contributed by atoms with E-state index in [-0.39, 0.29) is 25.1 Å². The van der Waals surface area contributed by atoms with Crippen molar-refractivity contribution in [3.63, 3.8) is 0 Å². The van der Waals surface area contributed by atoms with Gasteiger partial charge in [-0.15, -0.1) is 0 Å². The molecule has 284 valence electrons. The molecule has 0 fully saturated rings. The second-order valence-electron chi connectivity index (χ2n) is 14.5. The van der Waals surface area contributed by atoms with E-state index in [0.29, 0.717) is 17.9 Å². The number of hydrogen-bond acceptors (Lipinski definition) is 7. The first-order valence-corrected chi connectivity index (χ1v) is 20.2. The van der Waals surface area contributed by atoms with Crippen LogP contribution in [0.2, 0.25) is 0 Å². The molecule has 10 heteroatoms. The molecule has 3 N–H and O–H groups in total. The van der Waals surface area contributed by atoms with E-state index in [1.807, 2.05) is 98.8 Å². The maximum atomic E-state index is 15.2. The first-order valence-electron chi connectivity index (χ1n) is 18.3. The minimum absolute atomic E-state index is 0.185. The summed E-state index contributed by atoms with van der Waals surface area (Å²) in [6.45, 7) is 15.2. The van der Waals surface area contributed by atoms with Crippen molar-refractivity contribution in [1.29, 1.82) is 0 Å². The molecule has 0 aliphatic carbocycles. The Kier molecular flexibility index (Phi) is 14.9. The highest BCUT2D eigenvalue weighted by molar-refractivity contribution is 7.59. The van der Waals surface area contributed by atoms with E-state index in [0.717, 1.165) is 38.9 Å². The Hall–Kier alpha value is -4.43. The van der Waals surface area contributed by atoms with Gasteiger partial charge in [-0.05, 0) is 124 Å². The molecule has 9 nitrogen and oxygen atoms in total. The molecule has 0 aromatic heterocycles. The summed E-state index contributed by atoms with van der Waals surface area (Å²) in [6.07, 6.45) is -0.123. The molecule has 4 aromatic rings. The van der Waals surface area contributed by atoms with Crippen LogP contribution in [0.3, 0.4) is 0 Å². The van der Waals surface area contributed by atoms with Crippen LogP contribution in [-0.4, -0.2) is 47.7 Å². The predicted octanol–water partition coefficient (Wildman–Crippen LogP) is 8.56. The number of phenolic OH excluding ortho intramolecular Hbond substituents is 1. The van der Waals surface area contributed by atoms with Crippen molar-refractivity contribution in [2.45, 2.75) is 105 Å². The number of esters is 2. The van der Waals surface area contributed by atoms with Crippen LogP contribution in [0.4, 0.5) is 0 Å². The number of benzene rings is 4. The van der Waals surface area contributed by atoms with Gasteiger partial charge in [0.25, 0.3) is 0 Å². The zero-order chi connectivity index (χ0) is 38.7. The number of rotatable bonds is 18. The van der Waals surface area contributed by atoms with E-state index < -0.39 is 43.7 Å². The lowest BCUT2D eigenvalue weighted by Crippen LogP contribution is -2.47. The van der Waals surface area contributed by atoms with E-state index in [4.69, 9.17) is 14.2 Å². The second kappa shape index (κ2) is 19.1. The van der Waals surface area contributed by atoms with Crippen LogP contribution in [0.5, 0.6) is 11.5 Å². The van der Waals surface area contributed by atoms with Gasteiger partial charge >= 0.3 is 11.9 Å². The van der Waals surface area contributed by atoms with E-state index in [1.54, 1.807) is 33.8 Å². The second-order valence-corrected chi connectivity index (χ2v) is 16.7. The van der Waals surface area contributed by atoms with E-state index >= 15 is 4.57 Å². The quantitative estimate of drug-likeness (QED) is 0.0680. The van der Waals surface area contributed by atoms with E-state index in [1.165, 1.54) is 0 Å². The number of phenols is 1. The number of carbonyl (C=O) groups excluding carboxylic acids is 2. The fourth-order valence-electron chi connectivity index (χ4n) is 6.17. The Balaban J connectivity index is 1.67. The summed E-state index contributed by atoms with van der Waals surface area (Å²) in [7, 11) is -3.93. The Morgan fingerprint density at radius 3 is 1.58 bits per heavy atom. The minimum atomic E-state index is -3.93. The largest absolute Gasteiger partial charge is 0.508 e. The van der Waals surface area contributed by atoms with Gasteiger partial charge in [-0.3, -0.25) is 14.2 Å². The Bertz CT molecular complexity index is 1760. The van der Waals surface area contributed by atoms with Crippen LogP contribution in [0, 0.1) is 13.8 Å². The molecule has 0 saturated carbocycles. The van der Waals surface area contributed by atoms with Crippen LogP contribution in [0.25, 0.3) is 0 Å². The highest BCUT2D eigenvalue weighted by Crippen LogP contribution is 2.40. The fourth-order valence-corrected chi connectivity index (χ4v) is 8.12. The van der Waals surface area contributed by atoms with Gasteiger partial charge < -0.3 is 19.3 Å². The highest BCUT2D eigenvalue weighted by atomic mass is 31.2. The van der Waals surface area contributed by atoms with Gasteiger partial charge in [0, 0.05) is 0 Å². The molecule has 0 aliphatic heterocycles. The third-order valence-corrected chi connectivity index (χ3v) is 10.7. The van der Waals surface area contributed by atoms with Gasteiger partial charge in [0.1, 0.15) is 23.6 Å². The molecule has 0 aliphatic rings. The lowest BCUT2D eigenvalue weighted by Gasteiger charge is -2.30. The molecule has 0 saturated heterocycles. The Morgan fingerprint density at radius 1 is 0.679 bits per heavy atom. The van der Waals surface area contributed by atoms with Crippen molar-refractivity contribution >= 4 is 19.4 Å². The van der Waals surface area contributed by atoms with E-state index in [2.05, 4.69) is 24.0 Å². The highest BCUT2D eigenvalue weighted by Gasteiger charge is 2.37. The molecule has 0 bridgehead atoms. The lowest BCUT2D eigenvalue weighted by molar-refractivity contribution is -0.150. The molecule has 0 amide bonds. The molecule has 0 spiro atoms. The standard InChI is InChI=1S/C43H55N2O7P/c1-28(2)37-23-35(19-20-41(37)46)24-38-31(7)21-36(22-32(38)8)50-27-53(49,44-39(42(47)51-29(3)4)25-33-15-11-9-12-16-33)45-40(43(48)52-30(5)6)26-34-17-13-10-14-18-34/h9-23,28-30,39-40,46H,24-27H2,1-8H3,(H2,44,45,49)/t39-,40-/m0/s1. The lowest BCUT2D eigenvalue weighted by atomic mass is 9.93. The molecular formula is C43H55N2O7P. The number of hydrogen-bond donors (Lipinski definition) is 3. The van der Waals surface area contributed by atoms with Crippen molar-refractivity contribution in [3.8, 4) is 11.5 Å². The molecular weight excluding hydrogens is 687 g/mol. The number of ether oxygens (including phenoxy) is 3. The third kappa shape index (κ3) is 12.6. The van der Waals surface area contributed by atoms with Gasteiger partial charge in [0.05, 0.1) is 12.2 Å². The van der Waals surface area contributed by atoms with Gasteiger partial charge in [-0.2, -0.15) is 0 Å². The summed E-state index contributed by atoms with van der Waals surface area (Å²) in [5.41, 5.74) is 6.76. The van der Waals surface area contributed by atoms with Crippen LogP contribution in [0.1, 0.15) is 86.4 Å². The SMILES string of the molecule is Cc1cc(OCP(=O)(N[C@@H](Cc2ccccc2)C(=O)OC(C)C)N[C@@H](Cc2ccccc2)C(=O)OC(C)C)cc(C)c1Cc1ccc(O)c(C(C)C)c1. The van der Waals surface area contributed by atoms with Crippen molar-refractivity contribution in [1.82, 2.24) is 10.2 Å². The topological polar surface area (TPSA) is 123 Å². The number of nitrogens with one attached hydrogen (secondary N) is 2. The van der Waals surface area contributed by atoms with Crippen molar-refractivity contribution in [2.24, 2.45) is 0 Å². The monoisotopic (exact) mass is 742 g/mol. The maximum absolute atomic E-state index is 15.2. The van der Waals surface area contributed by atoms with Crippen molar-refractivity contribution < 1.29 is 33.5 Å². The van der Waals surface area contributed by atoms with Crippen LogP contribution < -0.4 is 14.9 Å². The summed E-state index contributed by atoms with van der Waals surface area (Å²) in [4.78, 5) is 27.1. The molecule has 0 radical (unpaired) electrons. The molecule has 53 heavy (non-hydrogen) atoms. The fraction of sp³-hybridized carbons (Fsp3) is 0.395. The Labute approximate surface area is 314 Å². The average Bonchev–Trinajstić information content (AvgIpc) is 3.09. The first-order chi connectivity index (χ1) is 25.1. The van der Waals surface area contributed by atoms with Gasteiger partial charge in [-0.25, -0.2) is 10.2 Å². The Morgan fingerprint density at radius 2 is 1.15 bits per heavy atom. The summed E-state index contributed by atoms with van der Waals surface area (Å²) in [6, 6.07) is 26.3. The van der Waals surface area contributed by atoms with Crippen molar-refractivity contribution in [3.05, 3.63) is 130 Å². The minimum Gasteiger partial charge on any atom is -0.508 e. The van der Waals surface area contributed by atoms with Crippen LogP contribution in [-0.2, 0) is 42.9 Å². The zero-order valence-corrected chi connectivity index (χ0v) is 33.1. The molecule has 0 heterocycles. The summed E-state index contributed by atoms with van der Waals surface area (Å²) >= 11 is 0. The normalized spacial score (nSPS) is 12.9. The molecule has 0 unspecified atom stereocenters. The smallest absolute Gasteiger partial charge is 0.324 e. The van der Waals surface area contributed by atoms with Crippen molar-refractivity contribution in [2.75, 3.05) is 6.35 Å². The van der Waals surface area contributed by atoms with Gasteiger partial charge in [0.2, 0.25) is 7.44 Å². The molecule has 4 aromatic carbocycles. The van der Waals surface area contributed by atoms with E-state index in [9.17, 15) is 14.7 Å². The molecule has 2 atom stereocenters. The number of carbonyl (C=O) groups is 2. The third-order valence-electron chi connectivity index (χ3n) is 8.74. The van der Waals surface area contributed by atoms with Gasteiger partial charge in [0.15, 0.2) is 6.35 Å². The van der Waals surface area contributed by atoms with Crippen LogP contribution in [0.15, 0.2) is 91.0 Å². The first kappa shape index (κ1) is 41.3. The van der Waals surface area contributed by atoms with Gasteiger partial charge in [-0.1, -0.05) is 86.6 Å². The molecule has 4 rings (SSSR count). The van der Waals surface area contributed by atoms with Crippen LogP contribution >= 0.6 is 7.44 Å². The maximum Gasteiger partial charge on any atom is 0.324 e. The average molecular weight is 743 g/mol. The summed E-state index contributed by atoms with van der Waals surface area (Å²) < 4.78 is 32.7. The number of aromatic hydroxyl groups is 1.